The molecule has 2 aromatic rings. The first-order valence-corrected chi connectivity index (χ1v) is 9.34. The Bertz CT molecular complexity index is 855. The number of aryl methyl sites for hydroxylation is 1. The van der Waals surface area contributed by atoms with Gasteiger partial charge in [-0.1, -0.05) is 35.9 Å². The van der Waals surface area contributed by atoms with E-state index in [1.54, 1.807) is 0 Å². The molecule has 0 atom stereocenters. The zero-order valence-electron chi connectivity index (χ0n) is 15.1. The lowest BCUT2D eigenvalue weighted by molar-refractivity contribution is -0.133. The first-order chi connectivity index (χ1) is 12.6. The first-order valence-electron chi connectivity index (χ1n) is 9.34. The molecule has 1 saturated carbocycles. The Morgan fingerprint density at radius 3 is 2.73 bits per heavy atom. The van der Waals surface area contributed by atoms with Gasteiger partial charge in [0.15, 0.2) is 0 Å². The molecule has 1 aliphatic heterocycles. The first kappa shape index (κ1) is 16.8. The summed E-state index contributed by atoms with van der Waals surface area (Å²) >= 11 is 0. The van der Waals surface area contributed by atoms with Gasteiger partial charge < -0.3 is 10.2 Å². The van der Waals surface area contributed by atoms with E-state index in [1.807, 2.05) is 48.2 Å². The monoisotopic (exact) mass is 348 g/mol. The van der Waals surface area contributed by atoms with E-state index >= 15 is 0 Å². The summed E-state index contributed by atoms with van der Waals surface area (Å²) in [5.41, 5.74) is 5.41. The van der Waals surface area contributed by atoms with Gasteiger partial charge in [0.2, 0.25) is 11.8 Å². The Morgan fingerprint density at radius 2 is 1.96 bits per heavy atom. The van der Waals surface area contributed by atoms with Crippen LogP contribution in [0.2, 0.25) is 0 Å². The van der Waals surface area contributed by atoms with Crippen LogP contribution < -0.4 is 5.32 Å². The van der Waals surface area contributed by atoms with Crippen molar-refractivity contribution in [2.75, 3.05) is 11.9 Å². The summed E-state index contributed by atoms with van der Waals surface area (Å²) in [4.78, 5) is 26.6. The van der Waals surface area contributed by atoms with Crippen molar-refractivity contribution in [2.24, 2.45) is 5.92 Å². The van der Waals surface area contributed by atoms with E-state index in [2.05, 4.69) is 11.4 Å². The molecule has 0 radical (unpaired) electrons. The standard InChI is InChI=1S/C22H24N2O2/c1-15-3-2-4-16(11-15)12-21(25)23-20-8-7-17-9-10-24(14-19(17)13-20)22(26)18-5-6-18/h2-4,7-8,11,13,18H,5-6,9-10,12,14H2,1H3,(H,23,25). The van der Waals surface area contributed by atoms with Crippen molar-refractivity contribution in [1.29, 1.82) is 0 Å². The van der Waals surface area contributed by atoms with Gasteiger partial charge in [-0.05, 0) is 55.0 Å². The maximum Gasteiger partial charge on any atom is 0.228 e. The summed E-state index contributed by atoms with van der Waals surface area (Å²) in [5.74, 6) is 0.538. The minimum absolute atomic E-state index is 0.0164. The zero-order chi connectivity index (χ0) is 18.1. The zero-order valence-corrected chi connectivity index (χ0v) is 15.1. The quantitative estimate of drug-likeness (QED) is 0.920. The highest BCUT2D eigenvalue weighted by molar-refractivity contribution is 5.92. The second-order valence-corrected chi connectivity index (χ2v) is 7.48. The van der Waals surface area contributed by atoms with Crippen LogP contribution in [0.3, 0.4) is 0 Å². The van der Waals surface area contributed by atoms with Crippen LogP contribution in [0.15, 0.2) is 42.5 Å². The summed E-state index contributed by atoms with van der Waals surface area (Å²) in [6.45, 7) is 3.49. The molecule has 0 aromatic heterocycles. The second-order valence-electron chi connectivity index (χ2n) is 7.48. The number of anilines is 1. The third-order valence-corrected chi connectivity index (χ3v) is 5.19. The molecular weight excluding hydrogens is 324 g/mol. The lowest BCUT2D eigenvalue weighted by atomic mass is 9.98. The van der Waals surface area contributed by atoms with Crippen LogP contribution in [-0.4, -0.2) is 23.3 Å². The number of nitrogens with one attached hydrogen (secondary N) is 1. The van der Waals surface area contributed by atoms with Crippen LogP contribution in [0.4, 0.5) is 5.69 Å². The molecule has 4 rings (SSSR count). The lowest BCUT2D eigenvalue weighted by Crippen LogP contribution is -2.36. The molecule has 2 amide bonds. The third kappa shape index (κ3) is 3.79. The van der Waals surface area contributed by atoms with Gasteiger partial charge in [0.25, 0.3) is 0 Å². The smallest absolute Gasteiger partial charge is 0.228 e. The van der Waals surface area contributed by atoms with Crippen molar-refractivity contribution in [1.82, 2.24) is 4.90 Å². The van der Waals surface area contributed by atoms with Crippen molar-refractivity contribution in [3.8, 4) is 0 Å². The topological polar surface area (TPSA) is 49.4 Å². The van der Waals surface area contributed by atoms with E-state index in [1.165, 1.54) is 5.56 Å². The molecule has 134 valence electrons. The summed E-state index contributed by atoms with van der Waals surface area (Å²) in [5, 5.41) is 3.00. The van der Waals surface area contributed by atoms with Gasteiger partial charge in [-0.15, -0.1) is 0 Å². The highest BCUT2D eigenvalue weighted by Gasteiger charge is 2.34. The van der Waals surface area contributed by atoms with Crippen LogP contribution in [0.1, 0.15) is 35.1 Å². The van der Waals surface area contributed by atoms with Gasteiger partial charge in [-0.2, -0.15) is 0 Å². The molecule has 2 aliphatic rings. The highest BCUT2D eigenvalue weighted by Crippen LogP contribution is 2.33. The van der Waals surface area contributed by atoms with Crippen molar-refractivity contribution >= 4 is 17.5 Å². The van der Waals surface area contributed by atoms with Gasteiger partial charge in [0, 0.05) is 24.7 Å². The Balaban J connectivity index is 1.42. The van der Waals surface area contributed by atoms with Crippen molar-refractivity contribution in [2.45, 2.75) is 39.2 Å². The number of hydrogen-bond donors (Lipinski definition) is 1. The number of amides is 2. The van der Waals surface area contributed by atoms with Crippen LogP contribution in [-0.2, 0) is 29.0 Å². The Morgan fingerprint density at radius 1 is 1.12 bits per heavy atom. The highest BCUT2D eigenvalue weighted by atomic mass is 16.2. The molecule has 0 spiro atoms. The normalized spacial score (nSPS) is 16.1. The Hall–Kier alpha value is -2.62. The Labute approximate surface area is 154 Å². The van der Waals surface area contributed by atoms with Crippen LogP contribution in [0, 0.1) is 12.8 Å². The summed E-state index contributed by atoms with van der Waals surface area (Å²) in [7, 11) is 0. The fraction of sp³-hybridized carbons (Fsp3) is 0.364. The van der Waals surface area contributed by atoms with Gasteiger partial charge in [0.05, 0.1) is 6.42 Å². The number of carbonyl (C=O) groups is 2. The van der Waals surface area contributed by atoms with Crippen molar-refractivity contribution < 1.29 is 9.59 Å². The van der Waals surface area contributed by atoms with E-state index in [0.29, 0.717) is 18.9 Å². The van der Waals surface area contributed by atoms with E-state index < -0.39 is 0 Å². The fourth-order valence-electron chi connectivity index (χ4n) is 3.62. The second kappa shape index (κ2) is 6.94. The predicted octanol–water partition coefficient (Wildman–Crippen LogP) is 3.47. The molecule has 2 aromatic carbocycles. The largest absolute Gasteiger partial charge is 0.338 e. The van der Waals surface area contributed by atoms with Gasteiger partial charge in [-0.3, -0.25) is 9.59 Å². The summed E-state index contributed by atoms with van der Waals surface area (Å²) < 4.78 is 0. The number of fused-ring (bicyclic) bond motifs is 1. The molecule has 0 bridgehead atoms. The SMILES string of the molecule is Cc1cccc(CC(=O)Nc2ccc3c(c2)CN(C(=O)C2CC2)CC3)c1. The van der Waals surface area contributed by atoms with Crippen molar-refractivity contribution in [3.63, 3.8) is 0 Å². The molecule has 1 aliphatic carbocycles. The van der Waals surface area contributed by atoms with Gasteiger partial charge >= 0.3 is 0 Å². The number of benzene rings is 2. The fourth-order valence-corrected chi connectivity index (χ4v) is 3.62. The molecule has 26 heavy (non-hydrogen) atoms. The molecule has 0 unspecified atom stereocenters. The van der Waals surface area contributed by atoms with E-state index in [-0.39, 0.29) is 11.8 Å². The van der Waals surface area contributed by atoms with Crippen molar-refractivity contribution in [3.05, 3.63) is 64.7 Å². The maximum atomic E-state index is 12.4. The molecule has 4 heteroatoms. The predicted molar refractivity (Wildman–Crippen MR) is 102 cm³/mol. The average Bonchev–Trinajstić information content (AvgIpc) is 3.45. The minimum atomic E-state index is -0.0164. The van der Waals surface area contributed by atoms with E-state index in [9.17, 15) is 9.59 Å². The summed E-state index contributed by atoms with van der Waals surface area (Å²) in [6.07, 6.45) is 3.34. The molecule has 4 nitrogen and oxygen atoms in total. The minimum Gasteiger partial charge on any atom is -0.338 e. The number of rotatable bonds is 4. The Kier molecular flexibility index (Phi) is 4.49. The van der Waals surface area contributed by atoms with Crippen LogP contribution in [0.5, 0.6) is 0 Å². The molecule has 1 heterocycles. The van der Waals surface area contributed by atoms with Gasteiger partial charge in [-0.25, -0.2) is 0 Å². The van der Waals surface area contributed by atoms with Crippen LogP contribution in [0.25, 0.3) is 0 Å². The summed E-state index contributed by atoms with van der Waals surface area (Å²) in [6, 6.07) is 14.1. The average molecular weight is 348 g/mol. The number of hydrogen-bond acceptors (Lipinski definition) is 2. The molecule has 0 saturated heterocycles. The molecule has 1 N–H and O–H groups in total. The number of carbonyl (C=O) groups excluding carboxylic acids is 2. The van der Waals surface area contributed by atoms with E-state index in [4.69, 9.17) is 0 Å². The van der Waals surface area contributed by atoms with Gasteiger partial charge in [0.1, 0.15) is 0 Å². The molecular formula is C22H24N2O2. The lowest BCUT2D eigenvalue weighted by Gasteiger charge is -2.29. The third-order valence-electron chi connectivity index (χ3n) is 5.19. The van der Waals surface area contributed by atoms with Crippen LogP contribution >= 0.6 is 0 Å². The molecule has 1 fully saturated rings. The van der Waals surface area contributed by atoms with E-state index in [0.717, 1.165) is 48.2 Å². The maximum absolute atomic E-state index is 12.4. The number of nitrogens with zero attached hydrogens (tertiary/aromatic N) is 1.